The fraction of sp³-hybridized carbons (Fsp3) is 0.538. The van der Waals surface area contributed by atoms with E-state index >= 15 is 4.79 Å². The van der Waals surface area contributed by atoms with Crippen molar-refractivity contribution in [1.82, 2.24) is 0 Å². The van der Waals surface area contributed by atoms with Gasteiger partial charge < -0.3 is 39.0 Å². The van der Waals surface area contributed by atoms with Crippen molar-refractivity contribution in [1.29, 1.82) is 0 Å². The lowest BCUT2D eigenvalue weighted by Gasteiger charge is -2.67. The number of Topliss-reactive ketones (excluding diaryl/α,β-unsaturated/α-hetero) is 1. The summed E-state index contributed by atoms with van der Waals surface area (Å²) in [5.41, 5.74) is -7.32. The minimum Gasteiger partial charge on any atom is -0.461 e. The Balaban J connectivity index is 1.57. The minimum absolute atomic E-state index is 0.0263. The van der Waals surface area contributed by atoms with Crippen LogP contribution in [0.5, 0.6) is 0 Å². The third kappa shape index (κ3) is 6.02. The van der Waals surface area contributed by atoms with Gasteiger partial charge in [-0.05, 0) is 55.5 Å². The van der Waals surface area contributed by atoms with Gasteiger partial charge in [0.05, 0.1) is 23.5 Å². The molecule has 284 valence electrons. The van der Waals surface area contributed by atoms with Gasteiger partial charge in [-0.2, -0.15) is 0 Å². The second kappa shape index (κ2) is 13.7. The molecule has 2 aromatic rings. The Morgan fingerprint density at radius 1 is 1.00 bits per heavy atom. The molecule has 53 heavy (non-hydrogen) atoms. The van der Waals surface area contributed by atoms with Crippen LogP contribution in [0, 0.1) is 23.7 Å². The zero-order valence-electron chi connectivity index (χ0n) is 30.3. The van der Waals surface area contributed by atoms with E-state index in [4.69, 9.17) is 30.6 Å². The minimum atomic E-state index is -2.31. The molecule has 4 aliphatic rings. The molecule has 1 aromatic heterocycles. The Morgan fingerprint density at radius 3 is 2.25 bits per heavy atom. The van der Waals surface area contributed by atoms with Crippen molar-refractivity contribution in [2.75, 3.05) is 6.61 Å². The molecule has 2 radical (unpaired) electrons. The van der Waals surface area contributed by atoms with E-state index < -0.39 is 107 Å². The van der Waals surface area contributed by atoms with Crippen LogP contribution in [0.3, 0.4) is 0 Å². The van der Waals surface area contributed by atoms with Crippen molar-refractivity contribution >= 4 is 41.0 Å². The van der Waals surface area contributed by atoms with Crippen LogP contribution in [-0.4, -0.2) is 99.4 Å². The molecule has 1 aliphatic heterocycles. The molecule has 0 unspecified atom stereocenters. The number of fused-ring (bicyclic) bond motifs is 5. The SMILES string of the molecule is [CH][C@@H](c1cccs1)[C@@H](O)C(=O)O[C@H]1C[C@@]2(O)[C@@H](OC(=O)c3ccccc3)[C@@H]3[C@]4(OC(C)=O)CO[C@@H]4C[C@H](OC(C)=O)[C@@]3(C)C(=O)[C@H](O)C(=C1C)C2(C)C. The summed E-state index contributed by atoms with van der Waals surface area (Å²) >= 11 is 1.23. The Hall–Kier alpha value is -3.95. The summed E-state index contributed by atoms with van der Waals surface area (Å²) in [5.74, 6) is -7.06. The number of hydrogen-bond donors (Lipinski definition) is 3. The van der Waals surface area contributed by atoms with Gasteiger partial charge in [0.2, 0.25) is 0 Å². The quantitative estimate of drug-likeness (QED) is 0.203. The average Bonchev–Trinajstić information content (AvgIpc) is 3.64. The first-order valence-electron chi connectivity index (χ1n) is 17.4. The molecule has 0 amide bonds. The van der Waals surface area contributed by atoms with Crippen LogP contribution < -0.4 is 0 Å². The van der Waals surface area contributed by atoms with Crippen LogP contribution in [-0.2, 0) is 42.9 Å². The lowest BCUT2D eigenvalue weighted by Crippen LogP contribution is -2.82. The van der Waals surface area contributed by atoms with E-state index in [1.165, 1.54) is 37.3 Å². The molecule has 3 N–H and O–H groups in total. The highest BCUT2D eigenvalue weighted by molar-refractivity contribution is 7.10. The smallest absolute Gasteiger partial charge is 0.338 e. The number of ether oxygens (including phenoxy) is 5. The standard InChI is InChI=1S/C39H44O13S/c1-19-24(50-35(46)29(42)20(2)25-14-11-15-53-25)17-39(47)33(51-34(45)23-12-9-8-10-13-23)31-37(7,32(44)30(43)28(19)36(39,5)6)26(49-21(3)40)16-27-38(31,18-48-27)52-22(4)41/h2,8-15,20,24,26-27,29-31,33,42-43,47H,16-18H2,1,3-7H3/t20-,24-,26-,27+,29+,30+,31-,33-,37+,38-,39+/m0/s1. The highest BCUT2D eigenvalue weighted by Crippen LogP contribution is 2.64. The van der Waals surface area contributed by atoms with E-state index in [2.05, 4.69) is 0 Å². The number of aliphatic hydroxyl groups excluding tert-OH is 2. The highest BCUT2D eigenvalue weighted by Gasteiger charge is 2.78. The maximum Gasteiger partial charge on any atom is 0.338 e. The molecule has 0 spiro atoms. The molecular formula is C39H44O13S. The maximum atomic E-state index is 15.1. The zero-order valence-corrected chi connectivity index (χ0v) is 31.1. The number of aliphatic hydroxyl groups is 3. The summed E-state index contributed by atoms with van der Waals surface area (Å²) < 4.78 is 29.9. The van der Waals surface area contributed by atoms with E-state index in [0.29, 0.717) is 4.88 Å². The van der Waals surface area contributed by atoms with Crippen molar-refractivity contribution in [3.05, 3.63) is 76.4 Å². The number of carbonyl (C=O) groups excluding carboxylic acids is 5. The van der Waals surface area contributed by atoms with Crippen LogP contribution in [0.2, 0.25) is 0 Å². The van der Waals surface area contributed by atoms with Crippen molar-refractivity contribution < 1.29 is 63.0 Å². The number of carbonyl (C=O) groups is 5. The zero-order chi connectivity index (χ0) is 38.8. The van der Waals surface area contributed by atoms with Gasteiger partial charge >= 0.3 is 23.9 Å². The van der Waals surface area contributed by atoms with E-state index in [1.54, 1.807) is 49.6 Å². The van der Waals surface area contributed by atoms with Gasteiger partial charge in [-0.1, -0.05) is 38.1 Å². The van der Waals surface area contributed by atoms with E-state index in [0.717, 1.165) is 13.8 Å². The number of esters is 4. The molecule has 14 heteroatoms. The average molecular weight is 753 g/mol. The molecule has 2 heterocycles. The Bertz CT molecular complexity index is 1820. The Labute approximate surface area is 311 Å². The van der Waals surface area contributed by atoms with Gasteiger partial charge in [-0.25, -0.2) is 9.59 Å². The third-order valence-electron chi connectivity index (χ3n) is 11.9. The summed E-state index contributed by atoms with van der Waals surface area (Å²) in [4.78, 5) is 68.7. The summed E-state index contributed by atoms with van der Waals surface area (Å²) in [6.07, 6.45) is -9.83. The fourth-order valence-electron chi connectivity index (χ4n) is 9.12. The van der Waals surface area contributed by atoms with Crippen LogP contribution in [0.4, 0.5) is 0 Å². The first-order valence-corrected chi connectivity index (χ1v) is 18.3. The second-order valence-corrected chi connectivity index (χ2v) is 16.1. The summed E-state index contributed by atoms with van der Waals surface area (Å²) in [6.45, 7) is 14.3. The predicted octanol–water partition coefficient (Wildman–Crippen LogP) is 3.12. The fourth-order valence-corrected chi connectivity index (χ4v) is 9.87. The molecule has 3 aliphatic carbocycles. The largest absolute Gasteiger partial charge is 0.461 e. The van der Waals surface area contributed by atoms with Crippen LogP contribution >= 0.6 is 11.3 Å². The number of hydrogen-bond acceptors (Lipinski definition) is 14. The Kier molecular flexibility index (Phi) is 10.0. The maximum absolute atomic E-state index is 15.1. The lowest BCUT2D eigenvalue weighted by molar-refractivity contribution is -0.346. The summed E-state index contributed by atoms with van der Waals surface area (Å²) in [5, 5.41) is 38.3. The predicted molar refractivity (Wildman–Crippen MR) is 186 cm³/mol. The first kappa shape index (κ1) is 38.8. The normalized spacial score (nSPS) is 35.5. The van der Waals surface area contributed by atoms with E-state index in [1.807, 2.05) is 0 Å². The number of ketones is 1. The first-order chi connectivity index (χ1) is 24.8. The Morgan fingerprint density at radius 2 is 1.68 bits per heavy atom. The van der Waals surface area contributed by atoms with Gasteiger partial charge in [0.15, 0.2) is 17.5 Å². The highest BCUT2D eigenvalue weighted by atomic mass is 32.1. The molecule has 11 atom stereocenters. The van der Waals surface area contributed by atoms with Crippen molar-refractivity contribution in [3.63, 3.8) is 0 Å². The lowest BCUT2D eigenvalue weighted by atomic mass is 9.44. The number of benzene rings is 1. The van der Waals surface area contributed by atoms with Gasteiger partial charge in [0, 0.05) is 42.9 Å². The van der Waals surface area contributed by atoms with Crippen LogP contribution in [0.1, 0.15) is 75.5 Å². The van der Waals surface area contributed by atoms with Crippen molar-refractivity contribution in [2.45, 2.75) is 108 Å². The summed E-state index contributed by atoms with van der Waals surface area (Å²) in [6, 6.07) is 11.3. The van der Waals surface area contributed by atoms with Gasteiger partial charge in [0.25, 0.3) is 0 Å². The molecule has 2 bridgehead atoms. The van der Waals surface area contributed by atoms with Crippen molar-refractivity contribution in [3.8, 4) is 0 Å². The molecular weight excluding hydrogens is 708 g/mol. The van der Waals surface area contributed by atoms with Crippen LogP contribution in [0.15, 0.2) is 59.0 Å². The molecule has 1 saturated heterocycles. The molecule has 2 saturated carbocycles. The molecule has 1 aromatic carbocycles. The summed E-state index contributed by atoms with van der Waals surface area (Å²) in [7, 11) is 0. The third-order valence-corrected chi connectivity index (χ3v) is 12.9. The number of thiophene rings is 1. The van der Waals surface area contributed by atoms with Gasteiger partial charge in [-0.3, -0.25) is 14.4 Å². The monoisotopic (exact) mass is 752 g/mol. The molecule has 13 nitrogen and oxygen atoms in total. The topological polar surface area (TPSA) is 192 Å². The molecule has 3 fully saturated rings. The van der Waals surface area contributed by atoms with E-state index in [-0.39, 0.29) is 29.7 Å². The van der Waals surface area contributed by atoms with Crippen molar-refractivity contribution in [2.24, 2.45) is 16.7 Å². The van der Waals surface area contributed by atoms with Gasteiger partial charge in [0.1, 0.15) is 36.1 Å². The van der Waals surface area contributed by atoms with E-state index in [9.17, 15) is 34.5 Å². The molecule has 6 rings (SSSR count). The number of rotatable bonds is 8. The van der Waals surface area contributed by atoms with Crippen LogP contribution in [0.25, 0.3) is 0 Å². The van der Waals surface area contributed by atoms with Gasteiger partial charge in [-0.15, -0.1) is 11.3 Å². The second-order valence-electron chi connectivity index (χ2n) is 15.2.